The highest BCUT2D eigenvalue weighted by atomic mass is 16.5. The molecule has 1 saturated heterocycles. The third kappa shape index (κ3) is 5.65. The van der Waals surface area contributed by atoms with E-state index in [1.54, 1.807) is 7.05 Å². The molecule has 2 aliphatic rings. The van der Waals surface area contributed by atoms with Gasteiger partial charge < -0.3 is 24.8 Å². The Labute approximate surface area is 205 Å². The summed E-state index contributed by atoms with van der Waals surface area (Å²) in [6.45, 7) is 1.14. The molecule has 8 nitrogen and oxygen atoms in total. The van der Waals surface area contributed by atoms with Gasteiger partial charge in [0.25, 0.3) is 0 Å². The number of aliphatic carboxylic acids is 1. The molecule has 1 fully saturated rings. The van der Waals surface area contributed by atoms with Crippen molar-refractivity contribution in [2.75, 3.05) is 33.4 Å². The van der Waals surface area contributed by atoms with Gasteiger partial charge in [0.1, 0.15) is 12.5 Å². The molecule has 35 heavy (non-hydrogen) atoms. The molecule has 8 heteroatoms. The quantitative estimate of drug-likeness (QED) is 0.503. The summed E-state index contributed by atoms with van der Waals surface area (Å²) in [7, 11) is 1.64. The van der Waals surface area contributed by atoms with Gasteiger partial charge in [-0.3, -0.25) is 9.59 Å². The number of unbranched alkanes of at least 4 members (excludes halogenated alkanes) is 2. The standard InChI is InChI=1S/C27H32N2O6/c1-29(24-17-34-15-23(24)26(31)32)25(30)13-3-2-8-14-28-27(33)35-16-22-20-11-6-4-9-18(20)19-10-5-7-12-21(19)22/h4-7,9-12,22-24H,2-3,8,13-17H2,1H3,(H,28,33)(H,31,32). The summed E-state index contributed by atoms with van der Waals surface area (Å²) in [5.41, 5.74) is 4.73. The number of nitrogens with one attached hydrogen (secondary N) is 1. The Balaban J connectivity index is 1.14. The zero-order valence-corrected chi connectivity index (χ0v) is 19.9. The largest absolute Gasteiger partial charge is 0.481 e. The zero-order valence-electron chi connectivity index (χ0n) is 19.9. The number of carboxylic acids is 1. The number of carbonyl (C=O) groups excluding carboxylic acids is 2. The lowest BCUT2D eigenvalue weighted by Gasteiger charge is -2.26. The van der Waals surface area contributed by atoms with Crippen molar-refractivity contribution in [3.63, 3.8) is 0 Å². The van der Waals surface area contributed by atoms with Gasteiger partial charge in [-0.1, -0.05) is 55.0 Å². The highest BCUT2D eigenvalue weighted by Crippen LogP contribution is 2.44. The normalized spacial score (nSPS) is 18.5. The van der Waals surface area contributed by atoms with Crippen molar-refractivity contribution in [3.05, 3.63) is 59.7 Å². The number of ether oxygens (including phenoxy) is 2. The highest BCUT2D eigenvalue weighted by molar-refractivity contribution is 5.79. The van der Waals surface area contributed by atoms with Crippen molar-refractivity contribution in [1.82, 2.24) is 10.2 Å². The molecule has 0 radical (unpaired) electrons. The predicted octanol–water partition coefficient (Wildman–Crippen LogP) is 3.64. The Morgan fingerprint density at radius 1 is 1.00 bits per heavy atom. The first-order valence-electron chi connectivity index (χ1n) is 12.1. The van der Waals surface area contributed by atoms with Gasteiger partial charge >= 0.3 is 12.1 Å². The van der Waals surface area contributed by atoms with Gasteiger partial charge in [-0.05, 0) is 35.1 Å². The monoisotopic (exact) mass is 480 g/mol. The Kier molecular flexibility index (Phi) is 8.02. The predicted molar refractivity (Wildman–Crippen MR) is 130 cm³/mol. The molecule has 0 bridgehead atoms. The minimum Gasteiger partial charge on any atom is -0.481 e. The Bertz CT molecular complexity index is 1030. The summed E-state index contributed by atoms with van der Waals surface area (Å²) < 4.78 is 10.8. The zero-order chi connectivity index (χ0) is 24.8. The van der Waals surface area contributed by atoms with Gasteiger partial charge in [-0.15, -0.1) is 0 Å². The third-order valence-corrected chi connectivity index (χ3v) is 6.94. The molecule has 2 aromatic rings. The van der Waals surface area contributed by atoms with Gasteiger partial charge in [0.2, 0.25) is 5.91 Å². The van der Waals surface area contributed by atoms with E-state index >= 15 is 0 Å². The van der Waals surface area contributed by atoms with E-state index in [1.165, 1.54) is 27.2 Å². The van der Waals surface area contributed by atoms with Crippen molar-refractivity contribution in [2.45, 2.75) is 37.6 Å². The maximum atomic E-state index is 12.4. The Hall–Kier alpha value is -3.39. The number of carboxylic acid groups (broad SMARTS) is 1. The number of rotatable bonds is 10. The average molecular weight is 481 g/mol. The summed E-state index contributed by atoms with van der Waals surface area (Å²) >= 11 is 0. The van der Waals surface area contributed by atoms with Crippen LogP contribution in [0.15, 0.2) is 48.5 Å². The van der Waals surface area contributed by atoms with Crippen LogP contribution in [0.2, 0.25) is 0 Å². The molecule has 0 saturated carbocycles. The maximum Gasteiger partial charge on any atom is 0.407 e. The van der Waals surface area contributed by atoms with Gasteiger partial charge in [0, 0.05) is 25.9 Å². The third-order valence-electron chi connectivity index (χ3n) is 6.94. The molecule has 4 rings (SSSR count). The molecule has 1 aliphatic heterocycles. The van der Waals surface area contributed by atoms with Crippen LogP contribution in [0.1, 0.15) is 42.7 Å². The average Bonchev–Trinajstić information content (AvgIpc) is 3.48. The van der Waals surface area contributed by atoms with E-state index in [0.29, 0.717) is 19.4 Å². The van der Waals surface area contributed by atoms with Crippen LogP contribution >= 0.6 is 0 Å². The van der Waals surface area contributed by atoms with Crippen molar-refractivity contribution in [2.24, 2.45) is 5.92 Å². The van der Waals surface area contributed by atoms with Gasteiger partial charge in [0.15, 0.2) is 0 Å². The van der Waals surface area contributed by atoms with E-state index in [1.807, 2.05) is 24.3 Å². The van der Waals surface area contributed by atoms with Crippen LogP contribution in [0, 0.1) is 5.92 Å². The number of likely N-dealkylation sites (N-methyl/N-ethyl adjacent to an activating group) is 1. The molecule has 2 unspecified atom stereocenters. The van der Waals surface area contributed by atoms with Gasteiger partial charge in [0.05, 0.1) is 19.3 Å². The Morgan fingerprint density at radius 3 is 2.31 bits per heavy atom. The number of carbonyl (C=O) groups is 3. The first kappa shape index (κ1) is 24.7. The number of nitrogens with zero attached hydrogens (tertiary/aromatic N) is 1. The molecule has 1 heterocycles. The van der Waals surface area contributed by atoms with Crippen LogP contribution in [0.3, 0.4) is 0 Å². The van der Waals surface area contributed by atoms with E-state index < -0.39 is 24.0 Å². The van der Waals surface area contributed by atoms with Crippen LogP contribution in [0.25, 0.3) is 11.1 Å². The fourth-order valence-corrected chi connectivity index (χ4v) is 4.94. The molecule has 1 aliphatic carbocycles. The molecule has 2 aromatic carbocycles. The number of fused-ring (bicyclic) bond motifs is 3. The SMILES string of the molecule is CN(C(=O)CCCCCNC(=O)OCC1c2ccccc2-c2ccccc21)C1COCC1C(=O)O. The topological polar surface area (TPSA) is 105 Å². The summed E-state index contributed by atoms with van der Waals surface area (Å²) in [6.07, 6.45) is 2.06. The summed E-state index contributed by atoms with van der Waals surface area (Å²) in [5.74, 6) is -1.67. The van der Waals surface area contributed by atoms with Crippen molar-refractivity contribution >= 4 is 18.0 Å². The lowest BCUT2D eigenvalue weighted by atomic mass is 9.98. The molecule has 0 aromatic heterocycles. The van der Waals surface area contributed by atoms with E-state index in [4.69, 9.17) is 9.47 Å². The highest BCUT2D eigenvalue weighted by Gasteiger charge is 2.38. The molecule has 2 amide bonds. The second kappa shape index (κ2) is 11.4. The molecular formula is C27H32N2O6. The molecule has 186 valence electrons. The smallest absolute Gasteiger partial charge is 0.407 e. The van der Waals surface area contributed by atoms with Crippen LogP contribution in [-0.4, -0.2) is 67.4 Å². The van der Waals surface area contributed by atoms with E-state index in [-0.39, 0.29) is 31.6 Å². The van der Waals surface area contributed by atoms with Gasteiger partial charge in [-0.25, -0.2) is 4.79 Å². The van der Waals surface area contributed by atoms with Crippen LogP contribution in [0.4, 0.5) is 4.79 Å². The maximum absolute atomic E-state index is 12.4. The number of hydrogen-bond acceptors (Lipinski definition) is 5. The fourth-order valence-electron chi connectivity index (χ4n) is 4.94. The van der Waals surface area contributed by atoms with Crippen molar-refractivity contribution in [3.8, 4) is 11.1 Å². The number of alkyl carbamates (subject to hydrolysis) is 1. The second-order valence-corrected chi connectivity index (χ2v) is 9.12. The first-order chi connectivity index (χ1) is 17.0. The molecule has 2 N–H and O–H groups in total. The van der Waals surface area contributed by atoms with Crippen LogP contribution < -0.4 is 5.32 Å². The summed E-state index contributed by atoms with van der Waals surface area (Å²) in [4.78, 5) is 37.4. The molecular weight excluding hydrogens is 448 g/mol. The first-order valence-corrected chi connectivity index (χ1v) is 12.1. The van der Waals surface area contributed by atoms with Crippen molar-refractivity contribution < 1.29 is 29.0 Å². The Morgan fingerprint density at radius 2 is 1.66 bits per heavy atom. The van der Waals surface area contributed by atoms with Gasteiger partial charge in [-0.2, -0.15) is 0 Å². The lowest BCUT2D eigenvalue weighted by molar-refractivity contribution is -0.144. The minimum absolute atomic E-state index is 0.0298. The van der Waals surface area contributed by atoms with Crippen molar-refractivity contribution in [1.29, 1.82) is 0 Å². The second-order valence-electron chi connectivity index (χ2n) is 9.12. The summed E-state index contributed by atoms with van der Waals surface area (Å²) in [6, 6.07) is 16.0. The fraction of sp³-hybridized carbons (Fsp3) is 0.444. The van der Waals surface area contributed by atoms with E-state index in [0.717, 1.165) is 12.8 Å². The number of amides is 2. The van der Waals surface area contributed by atoms with Crippen LogP contribution in [-0.2, 0) is 19.1 Å². The van der Waals surface area contributed by atoms with E-state index in [9.17, 15) is 19.5 Å². The molecule has 0 spiro atoms. The number of hydrogen-bond donors (Lipinski definition) is 2. The lowest BCUT2D eigenvalue weighted by Crippen LogP contribution is -2.44. The number of benzene rings is 2. The molecule has 2 atom stereocenters. The van der Waals surface area contributed by atoms with Crippen LogP contribution in [0.5, 0.6) is 0 Å². The van der Waals surface area contributed by atoms with E-state index in [2.05, 4.69) is 29.6 Å². The summed E-state index contributed by atoms with van der Waals surface area (Å²) in [5, 5.41) is 12.0. The minimum atomic E-state index is -0.938.